The molecule has 0 saturated carbocycles. The van der Waals surface area contributed by atoms with Crippen LogP contribution < -0.4 is 5.73 Å². The number of hydrogen-bond acceptors (Lipinski definition) is 3. The van der Waals surface area contributed by atoms with Gasteiger partial charge in [0.1, 0.15) is 0 Å². The van der Waals surface area contributed by atoms with E-state index < -0.39 is 11.6 Å². The zero-order valence-corrected chi connectivity index (χ0v) is 12.1. The minimum absolute atomic E-state index is 0.277. The minimum atomic E-state index is -0.810. The van der Waals surface area contributed by atoms with E-state index in [9.17, 15) is 8.78 Å². The van der Waals surface area contributed by atoms with Crippen molar-refractivity contribution in [3.05, 3.63) is 35.4 Å². The number of likely N-dealkylation sites (tertiary alicyclic amines) is 1. The molecule has 20 heavy (non-hydrogen) atoms. The van der Waals surface area contributed by atoms with Gasteiger partial charge in [0.2, 0.25) is 0 Å². The number of hydrogen-bond donors (Lipinski definition) is 1. The second-order valence-electron chi connectivity index (χ2n) is 5.75. The summed E-state index contributed by atoms with van der Waals surface area (Å²) in [5.74, 6) is -1.02. The molecule has 1 heterocycles. The highest BCUT2D eigenvalue weighted by atomic mass is 19.2. The van der Waals surface area contributed by atoms with Crippen molar-refractivity contribution in [2.24, 2.45) is 11.7 Å². The van der Waals surface area contributed by atoms with Crippen LogP contribution in [-0.4, -0.2) is 50.1 Å². The molecule has 1 aromatic rings. The zero-order valence-electron chi connectivity index (χ0n) is 12.1. The van der Waals surface area contributed by atoms with Gasteiger partial charge in [-0.15, -0.1) is 0 Å². The third-order valence-corrected chi connectivity index (χ3v) is 4.13. The van der Waals surface area contributed by atoms with Gasteiger partial charge in [-0.2, -0.15) is 0 Å². The number of likely N-dealkylation sites (N-methyl/N-ethyl adjacent to an activating group) is 1. The summed E-state index contributed by atoms with van der Waals surface area (Å²) in [7, 11) is 4.03. The first kappa shape index (κ1) is 15.4. The fourth-order valence-electron chi connectivity index (χ4n) is 3.03. The maximum absolute atomic E-state index is 13.9. The van der Waals surface area contributed by atoms with Gasteiger partial charge in [0.25, 0.3) is 0 Å². The molecule has 5 heteroatoms. The summed E-state index contributed by atoms with van der Waals surface area (Å²) in [6.07, 6.45) is 1.14. The van der Waals surface area contributed by atoms with Crippen LogP contribution in [0.3, 0.4) is 0 Å². The number of rotatable bonds is 5. The van der Waals surface area contributed by atoms with Crippen LogP contribution in [0.2, 0.25) is 0 Å². The van der Waals surface area contributed by atoms with Crippen molar-refractivity contribution < 1.29 is 8.78 Å². The monoisotopic (exact) mass is 283 g/mol. The van der Waals surface area contributed by atoms with Crippen LogP contribution in [-0.2, 0) is 0 Å². The van der Waals surface area contributed by atoms with Crippen LogP contribution >= 0.6 is 0 Å². The fraction of sp³-hybridized carbons (Fsp3) is 0.600. The lowest BCUT2D eigenvalue weighted by atomic mass is 10.0. The van der Waals surface area contributed by atoms with Crippen molar-refractivity contribution in [1.82, 2.24) is 9.80 Å². The van der Waals surface area contributed by atoms with Gasteiger partial charge in [-0.05, 0) is 39.0 Å². The summed E-state index contributed by atoms with van der Waals surface area (Å²) >= 11 is 0. The molecule has 0 aromatic heterocycles. The molecule has 112 valence electrons. The molecule has 1 aliphatic heterocycles. The van der Waals surface area contributed by atoms with Gasteiger partial charge < -0.3 is 10.6 Å². The molecule has 0 radical (unpaired) electrons. The number of nitrogens with zero attached hydrogens (tertiary/aromatic N) is 2. The van der Waals surface area contributed by atoms with E-state index in [1.54, 1.807) is 6.07 Å². The molecule has 2 unspecified atom stereocenters. The van der Waals surface area contributed by atoms with E-state index in [2.05, 4.69) is 11.9 Å². The molecule has 1 aliphatic rings. The lowest BCUT2D eigenvalue weighted by Gasteiger charge is -2.30. The summed E-state index contributed by atoms with van der Waals surface area (Å²) in [5, 5.41) is 0. The molecule has 2 N–H and O–H groups in total. The Kier molecular flexibility index (Phi) is 5.07. The van der Waals surface area contributed by atoms with Crippen molar-refractivity contribution in [3.63, 3.8) is 0 Å². The second-order valence-corrected chi connectivity index (χ2v) is 5.75. The molecular weight excluding hydrogens is 260 g/mol. The summed E-state index contributed by atoms with van der Waals surface area (Å²) in [5.41, 5.74) is 6.13. The Labute approximate surface area is 119 Å². The highest BCUT2D eigenvalue weighted by Crippen LogP contribution is 2.25. The average molecular weight is 283 g/mol. The molecule has 0 bridgehead atoms. The fourth-order valence-corrected chi connectivity index (χ4v) is 3.03. The van der Waals surface area contributed by atoms with Crippen LogP contribution in [0.15, 0.2) is 18.2 Å². The summed E-state index contributed by atoms with van der Waals surface area (Å²) in [6.45, 7) is 3.27. The van der Waals surface area contributed by atoms with Gasteiger partial charge in [0.05, 0.1) is 0 Å². The normalized spacial score (nSPS) is 21.6. The molecule has 0 spiro atoms. The summed E-state index contributed by atoms with van der Waals surface area (Å²) < 4.78 is 27.3. The summed E-state index contributed by atoms with van der Waals surface area (Å²) in [6, 6.07) is 4.01. The van der Waals surface area contributed by atoms with Crippen LogP contribution in [0.4, 0.5) is 8.78 Å². The quantitative estimate of drug-likeness (QED) is 0.895. The predicted octanol–water partition coefficient (Wildman–Crippen LogP) is 1.85. The lowest BCUT2D eigenvalue weighted by Crippen LogP contribution is -2.35. The molecule has 3 nitrogen and oxygen atoms in total. The van der Waals surface area contributed by atoms with Crippen LogP contribution in [0.5, 0.6) is 0 Å². The second kappa shape index (κ2) is 6.61. The SMILES string of the molecule is CN1CCC(CN(C)C(CN)c2cccc(F)c2F)C1. The maximum Gasteiger partial charge on any atom is 0.163 e. The van der Waals surface area contributed by atoms with E-state index in [0.29, 0.717) is 11.5 Å². The van der Waals surface area contributed by atoms with Gasteiger partial charge in [0, 0.05) is 31.2 Å². The van der Waals surface area contributed by atoms with Gasteiger partial charge in [-0.1, -0.05) is 12.1 Å². The van der Waals surface area contributed by atoms with Gasteiger partial charge >= 0.3 is 0 Å². The largest absolute Gasteiger partial charge is 0.329 e. The van der Waals surface area contributed by atoms with Crippen molar-refractivity contribution in [2.75, 3.05) is 40.3 Å². The van der Waals surface area contributed by atoms with E-state index in [1.165, 1.54) is 6.07 Å². The Hall–Kier alpha value is -1.04. The van der Waals surface area contributed by atoms with Gasteiger partial charge in [-0.3, -0.25) is 4.90 Å². The van der Waals surface area contributed by atoms with E-state index >= 15 is 0 Å². The van der Waals surface area contributed by atoms with Crippen molar-refractivity contribution in [3.8, 4) is 0 Å². The molecule has 0 aliphatic carbocycles. The molecule has 2 atom stereocenters. The van der Waals surface area contributed by atoms with Gasteiger partial charge in [0.15, 0.2) is 11.6 Å². The molecule has 0 amide bonds. The molecule has 1 aromatic carbocycles. The van der Waals surface area contributed by atoms with E-state index in [-0.39, 0.29) is 12.6 Å². The first-order chi connectivity index (χ1) is 9.52. The van der Waals surface area contributed by atoms with Crippen molar-refractivity contribution in [1.29, 1.82) is 0 Å². The maximum atomic E-state index is 13.9. The predicted molar refractivity (Wildman–Crippen MR) is 76.4 cm³/mol. The highest BCUT2D eigenvalue weighted by Gasteiger charge is 2.26. The Morgan fingerprint density at radius 2 is 2.20 bits per heavy atom. The van der Waals surface area contributed by atoms with E-state index in [1.807, 2.05) is 11.9 Å². The van der Waals surface area contributed by atoms with E-state index in [0.717, 1.165) is 32.1 Å². The van der Waals surface area contributed by atoms with Crippen LogP contribution in [0, 0.1) is 17.6 Å². The molecule has 1 fully saturated rings. The Bertz CT molecular complexity index is 453. The smallest absolute Gasteiger partial charge is 0.163 e. The topological polar surface area (TPSA) is 32.5 Å². The zero-order chi connectivity index (χ0) is 14.7. The van der Waals surface area contributed by atoms with Crippen molar-refractivity contribution >= 4 is 0 Å². The number of halogens is 2. The molecule has 1 saturated heterocycles. The Balaban J connectivity index is 2.09. The Morgan fingerprint density at radius 3 is 2.80 bits per heavy atom. The minimum Gasteiger partial charge on any atom is -0.329 e. The standard InChI is InChI=1S/C15H23F2N3/c1-19-7-6-11(9-19)10-20(2)14(8-18)12-4-3-5-13(16)15(12)17/h3-5,11,14H,6-10,18H2,1-2H3. The third kappa shape index (κ3) is 3.34. The van der Waals surface area contributed by atoms with Crippen molar-refractivity contribution in [2.45, 2.75) is 12.5 Å². The highest BCUT2D eigenvalue weighted by molar-refractivity contribution is 5.23. The lowest BCUT2D eigenvalue weighted by molar-refractivity contribution is 0.207. The van der Waals surface area contributed by atoms with E-state index in [4.69, 9.17) is 5.73 Å². The van der Waals surface area contributed by atoms with Crippen LogP contribution in [0.1, 0.15) is 18.0 Å². The Morgan fingerprint density at radius 1 is 1.45 bits per heavy atom. The first-order valence-electron chi connectivity index (χ1n) is 7.05. The molecule has 2 rings (SSSR count). The molecular formula is C15H23F2N3. The van der Waals surface area contributed by atoms with Gasteiger partial charge in [-0.25, -0.2) is 8.78 Å². The number of benzene rings is 1. The third-order valence-electron chi connectivity index (χ3n) is 4.13. The average Bonchev–Trinajstić information content (AvgIpc) is 2.81. The van der Waals surface area contributed by atoms with Crippen LogP contribution in [0.25, 0.3) is 0 Å². The number of nitrogens with two attached hydrogens (primary N) is 1. The first-order valence-corrected chi connectivity index (χ1v) is 7.05. The summed E-state index contributed by atoms with van der Waals surface area (Å²) in [4.78, 5) is 4.33.